The van der Waals surface area contributed by atoms with Crippen molar-refractivity contribution >= 4 is 0 Å². The number of benzene rings is 3. The van der Waals surface area contributed by atoms with Gasteiger partial charge in [-0.25, -0.2) is 4.39 Å². The van der Waals surface area contributed by atoms with Crippen LogP contribution in [0, 0.1) is 29.4 Å². The van der Waals surface area contributed by atoms with Gasteiger partial charge >= 0.3 is 0 Å². The first-order valence-electron chi connectivity index (χ1n) is 14.6. The Hall–Kier alpha value is -2.98. The molecule has 206 valence electrons. The number of allylic oxidation sites excluding steroid dienone is 2. The zero-order valence-corrected chi connectivity index (χ0v) is 23.2. The lowest BCUT2D eigenvalue weighted by molar-refractivity contribution is -0.0395. The summed E-state index contributed by atoms with van der Waals surface area (Å²) in [5, 5.41) is 0. The smallest absolute Gasteiger partial charge is 0.201 e. The molecule has 3 aromatic carbocycles. The minimum atomic E-state index is -0.936. The summed E-state index contributed by atoms with van der Waals surface area (Å²) in [4.78, 5) is 0. The van der Waals surface area contributed by atoms with E-state index in [9.17, 15) is 8.78 Å². The first kappa shape index (κ1) is 27.6. The predicted molar refractivity (Wildman–Crippen MR) is 155 cm³/mol. The van der Waals surface area contributed by atoms with Gasteiger partial charge in [-0.1, -0.05) is 67.6 Å². The van der Waals surface area contributed by atoms with Gasteiger partial charge in [0.2, 0.25) is 5.82 Å². The molecule has 1 aliphatic heterocycles. The monoisotopic (exact) mass is 530 g/mol. The van der Waals surface area contributed by atoms with E-state index in [-0.39, 0.29) is 17.4 Å². The molecule has 2 atom stereocenters. The maximum atomic E-state index is 14.7. The molecule has 2 nitrogen and oxygen atoms in total. The van der Waals surface area contributed by atoms with Crippen molar-refractivity contribution in [2.45, 2.75) is 64.9 Å². The van der Waals surface area contributed by atoms with Gasteiger partial charge in [-0.15, -0.1) is 0 Å². The van der Waals surface area contributed by atoms with E-state index in [1.165, 1.54) is 43.7 Å². The second-order valence-electron chi connectivity index (χ2n) is 11.1. The van der Waals surface area contributed by atoms with Crippen molar-refractivity contribution in [2.24, 2.45) is 17.8 Å². The van der Waals surface area contributed by atoms with Crippen molar-refractivity contribution in [3.8, 4) is 28.0 Å². The largest absolute Gasteiger partial charge is 0.490 e. The second kappa shape index (κ2) is 12.9. The number of hydrogen-bond donors (Lipinski definition) is 0. The highest BCUT2D eigenvalue weighted by Gasteiger charge is 2.31. The minimum absolute atomic E-state index is 0.0422. The van der Waals surface area contributed by atoms with E-state index in [1.54, 1.807) is 6.07 Å². The third-order valence-electron chi connectivity index (χ3n) is 8.58. The molecule has 39 heavy (non-hydrogen) atoms. The maximum Gasteiger partial charge on any atom is 0.201 e. The summed E-state index contributed by atoms with van der Waals surface area (Å²) >= 11 is 0. The van der Waals surface area contributed by atoms with Crippen molar-refractivity contribution in [2.75, 3.05) is 13.2 Å². The van der Waals surface area contributed by atoms with Crippen LogP contribution in [-0.4, -0.2) is 13.2 Å². The Labute approximate surface area is 232 Å². The molecule has 0 amide bonds. The van der Waals surface area contributed by atoms with Crippen LogP contribution in [0.5, 0.6) is 5.75 Å². The van der Waals surface area contributed by atoms with Crippen molar-refractivity contribution in [3.05, 3.63) is 90.0 Å². The van der Waals surface area contributed by atoms with Crippen LogP contribution >= 0.6 is 0 Å². The summed E-state index contributed by atoms with van der Waals surface area (Å²) in [6.45, 7) is 5.28. The number of rotatable bonds is 8. The molecular formula is C35H40F2O2. The van der Waals surface area contributed by atoms with Crippen LogP contribution in [0.15, 0.2) is 72.8 Å². The fraction of sp³-hybridized carbons (Fsp3) is 0.429. The Morgan fingerprint density at radius 2 is 1.41 bits per heavy atom. The van der Waals surface area contributed by atoms with Crippen molar-refractivity contribution in [1.82, 2.24) is 0 Å². The van der Waals surface area contributed by atoms with E-state index in [0.29, 0.717) is 18.1 Å². The van der Waals surface area contributed by atoms with Gasteiger partial charge in [0, 0.05) is 5.56 Å². The molecule has 0 aromatic heterocycles. The standard InChI is InChI=1S/C35H40F2O2/c1-3-5-24-6-8-27(9-7-24)30-18-20-32(39-23-30)29-16-12-26(13-17-29)25-10-14-28(15-11-25)31-19-21-33(38-22-4-2)35(37)34(31)36/h3,5,10-17,19,21,24,27,30,32H,4,6-9,18,20,22-23H2,1-2H3. The van der Waals surface area contributed by atoms with E-state index < -0.39 is 11.6 Å². The molecule has 3 aromatic rings. The number of halogens is 2. The SMILES string of the molecule is CC=CC1CCC(C2CCC(c3ccc(-c4ccc(-c5ccc(OCCC)c(F)c5F)cc4)cc3)OC2)CC1. The van der Waals surface area contributed by atoms with Crippen LogP contribution in [-0.2, 0) is 4.74 Å². The summed E-state index contributed by atoms with van der Waals surface area (Å²) in [7, 11) is 0. The van der Waals surface area contributed by atoms with Crippen molar-refractivity contribution in [1.29, 1.82) is 0 Å². The van der Waals surface area contributed by atoms with Gasteiger partial charge in [-0.3, -0.25) is 0 Å². The summed E-state index contributed by atoms with van der Waals surface area (Å²) in [5.74, 6) is 0.434. The molecule has 2 fully saturated rings. The van der Waals surface area contributed by atoms with E-state index in [4.69, 9.17) is 9.47 Å². The first-order valence-corrected chi connectivity index (χ1v) is 14.6. The summed E-state index contributed by atoms with van der Waals surface area (Å²) < 4.78 is 40.9. The van der Waals surface area contributed by atoms with Gasteiger partial charge in [0.05, 0.1) is 19.3 Å². The topological polar surface area (TPSA) is 18.5 Å². The van der Waals surface area contributed by atoms with Crippen molar-refractivity contribution in [3.63, 3.8) is 0 Å². The van der Waals surface area contributed by atoms with Gasteiger partial charge < -0.3 is 9.47 Å². The average molecular weight is 531 g/mol. The van der Waals surface area contributed by atoms with E-state index >= 15 is 0 Å². The lowest BCUT2D eigenvalue weighted by Crippen LogP contribution is -2.29. The lowest BCUT2D eigenvalue weighted by atomic mass is 9.73. The van der Waals surface area contributed by atoms with Gasteiger partial charge in [0.15, 0.2) is 11.6 Å². The molecule has 5 rings (SSSR count). The minimum Gasteiger partial charge on any atom is -0.490 e. The third kappa shape index (κ3) is 6.44. The van der Waals surface area contributed by atoms with Gasteiger partial charge in [-0.2, -0.15) is 4.39 Å². The third-order valence-corrected chi connectivity index (χ3v) is 8.58. The van der Waals surface area contributed by atoms with Gasteiger partial charge in [0.25, 0.3) is 0 Å². The fourth-order valence-corrected chi connectivity index (χ4v) is 6.30. The summed E-state index contributed by atoms with van der Waals surface area (Å²) in [6, 6.07) is 19.3. The molecule has 4 heteroatoms. The molecule has 2 unspecified atom stereocenters. The summed E-state index contributed by atoms with van der Waals surface area (Å²) in [6.07, 6.45) is 13.1. The van der Waals surface area contributed by atoms with Crippen LogP contribution in [0.25, 0.3) is 22.3 Å². The molecule has 0 bridgehead atoms. The van der Waals surface area contributed by atoms with E-state index in [1.807, 2.05) is 31.2 Å². The Morgan fingerprint density at radius 3 is 2.03 bits per heavy atom. The highest BCUT2D eigenvalue weighted by molar-refractivity contribution is 5.71. The van der Waals surface area contributed by atoms with Crippen LogP contribution in [0.1, 0.15) is 70.5 Å². The van der Waals surface area contributed by atoms with E-state index in [2.05, 4.69) is 43.3 Å². The molecule has 1 saturated heterocycles. The van der Waals surface area contributed by atoms with Crippen LogP contribution in [0.3, 0.4) is 0 Å². The first-order chi connectivity index (χ1) is 19.1. The highest BCUT2D eigenvalue weighted by Crippen LogP contribution is 2.41. The molecule has 1 saturated carbocycles. The zero-order valence-electron chi connectivity index (χ0n) is 23.2. The lowest BCUT2D eigenvalue weighted by Gasteiger charge is -2.37. The highest BCUT2D eigenvalue weighted by atomic mass is 19.2. The number of hydrogen-bond acceptors (Lipinski definition) is 2. The Bertz CT molecular complexity index is 1230. The second-order valence-corrected chi connectivity index (χ2v) is 11.1. The van der Waals surface area contributed by atoms with Crippen LogP contribution in [0.2, 0.25) is 0 Å². The Balaban J connectivity index is 1.18. The Kier molecular flexibility index (Phi) is 9.13. The van der Waals surface area contributed by atoms with Crippen LogP contribution < -0.4 is 4.74 Å². The molecule has 1 heterocycles. The molecule has 0 spiro atoms. The predicted octanol–water partition coefficient (Wildman–Crippen LogP) is 9.94. The molecular weight excluding hydrogens is 490 g/mol. The van der Waals surface area contributed by atoms with Crippen molar-refractivity contribution < 1.29 is 18.3 Å². The quantitative estimate of drug-likeness (QED) is 0.270. The average Bonchev–Trinajstić information content (AvgIpc) is 2.99. The molecule has 0 radical (unpaired) electrons. The summed E-state index contributed by atoms with van der Waals surface area (Å²) in [5.41, 5.74) is 4.22. The molecule has 0 N–H and O–H groups in total. The zero-order chi connectivity index (χ0) is 27.2. The number of ether oxygens (including phenoxy) is 2. The van der Waals surface area contributed by atoms with Gasteiger partial charge in [-0.05, 0) is 104 Å². The van der Waals surface area contributed by atoms with E-state index in [0.717, 1.165) is 42.4 Å². The fourth-order valence-electron chi connectivity index (χ4n) is 6.30. The van der Waals surface area contributed by atoms with Gasteiger partial charge in [0.1, 0.15) is 0 Å². The molecule has 1 aliphatic carbocycles. The molecule has 2 aliphatic rings. The normalized spacial score (nSPS) is 23.7. The van der Waals surface area contributed by atoms with Crippen LogP contribution in [0.4, 0.5) is 8.78 Å². The Morgan fingerprint density at radius 1 is 0.769 bits per heavy atom. The maximum absolute atomic E-state index is 14.7.